The molecule has 5 heterocycles. The molecule has 0 unspecified atom stereocenters. The lowest BCUT2D eigenvalue weighted by atomic mass is 9.33. The van der Waals surface area contributed by atoms with Gasteiger partial charge in [-0.05, 0) is 194 Å². The highest BCUT2D eigenvalue weighted by Gasteiger charge is 2.49. The molecule has 1 aromatic heterocycles. The van der Waals surface area contributed by atoms with Gasteiger partial charge in [0.15, 0.2) is 0 Å². The van der Waals surface area contributed by atoms with Gasteiger partial charge in [-0.2, -0.15) is 0 Å². The summed E-state index contributed by atoms with van der Waals surface area (Å²) < 4.78 is 2.57. The minimum atomic E-state index is -0.219. The van der Waals surface area contributed by atoms with Crippen LogP contribution in [0.15, 0.2) is 328 Å². The largest absolute Gasteiger partial charge is 0.365 e. The summed E-state index contributed by atoms with van der Waals surface area (Å²) in [6.07, 6.45) is 6.48. The Hall–Kier alpha value is -11.7. The van der Waals surface area contributed by atoms with E-state index in [0.29, 0.717) is 12.1 Å². The van der Waals surface area contributed by atoms with E-state index >= 15 is 0 Å². The van der Waals surface area contributed by atoms with Crippen molar-refractivity contribution >= 4 is 84.7 Å². The molecular weight excluding hydrogens is 1230 g/mol. The first-order valence-corrected chi connectivity index (χ1v) is 36.8. The summed E-state index contributed by atoms with van der Waals surface area (Å²) in [7, 11) is 0. The van der Waals surface area contributed by atoms with E-state index in [9.17, 15) is 0 Å². The second-order valence-electron chi connectivity index (χ2n) is 30.4. The van der Waals surface area contributed by atoms with Gasteiger partial charge in [0.25, 0.3) is 6.71 Å². The Bertz CT molecular complexity index is 5540. The third-order valence-corrected chi connectivity index (χ3v) is 23.4. The molecule has 4 aliphatic heterocycles. The van der Waals surface area contributed by atoms with Crippen LogP contribution in [-0.4, -0.2) is 23.4 Å². The zero-order valence-corrected chi connectivity index (χ0v) is 57.9. The predicted octanol–water partition coefficient (Wildman–Crippen LogP) is 23.6. The van der Waals surface area contributed by atoms with Crippen LogP contribution in [0.1, 0.15) is 58.4 Å². The Morgan fingerprint density at radius 3 is 1.12 bits per heavy atom. The summed E-state index contributed by atoms with van der Waals surface area (Å²) in [6.45, 7) is 6.73. The molecule has 6 aliphatic rings. The Labute approximate surface area is 599 Å². The first-order chi connectivity index (χ1) is 50.2. The van der Waals surface area contributed by atoms with E-state index in [2.05, 4.69) is 368 Å². The number of piperidine rings is 2. The third-order valence-electron chi connectivity index (χ3n) is 23.4. The Balaban J connectivity index is 0.973. The van der Waals surface area contributed by atoms with E-state index < -0.39 is 0 Å². The van der Waals surface area contributed by atoms with Gasteiger partial charge in [-0.15, -0.1) is 0 Å². The van der Waals surface area contributed by atoms with Crippen LogP contribution in [0.2, 0.25) is 0 Å². The Kier molecular flexibility index (Phi) is 14.2. The molecule has 4 nitrogen and oxygen atoms in total. The summed E-state index contributed by atoms with van der Waals surface area (Å²) in [5.74, 6) is 1.62. The second-order valence-corrected chi connectivity index (χ2v) is 30.4. The highest BCUT2D eigenvalue weighted by molar-refractivity contribution is 7.00. The average Bonchev–Trinajstić information content (AvgIpc) is 0.777. The number of hydrogen-bond donors (Lipinski definition) is 0. The SMILES string of the molecule is CC(C)(C)c1ccc(-c2ccc3c(c2)B2c4ccc(N5C6CC7CC(C6)CC5C7)cc4N(c4c(-c5ccccc5)cc(-c5ccccc5)cc4-c4ccccc4)c4cc(-n5c6ccccc6c6ccccc65)cc(c42)N3c2c(-c3ccccc3)cc(-c3ccccc3)cc2-c2ccccc2)cc1. The van der Waals surface area contributed by atoms with E-state index in [4.69, 9.17) is 0 Å². The van der Waals surface area contributed by atoms with Crippen LogP contribution >= 0.6 is 0 Å². The molecule has 14 aromatic carbocycles. The van der Waals surface area contributed by atoms with Crippen molar-refractivity contribution < 1.29 is 0 Å². The predicted molar refractivity (Wildman–Crippen MR) is 432 cm³/mol. The average molecular weight is 1310 g/mol. The number of para-hydroxylation sites is 2. The number of aromatic nitrogens is 1. The molecule has 0 spiro atoms. The van der Waals surface area contributed by atoms with Gasteiger partial charge in [-0.3, -0.25) is 0 Å². The van der Waals surface area contributed by atoms with Gasteiger partial charge in [-0.1, -0.05) is 282 Å². The first kappa shape index (κ1) is 60.3. The normalized spacial score (nSPS) is 17.1. The zero-order valence-electron chi connectivity index (χ0n) is 57.9. The van der Waals surface area contributed by atoms with Crippen molar-refractivity contribution in [3.63, 3.8) is 0 Å². The van der Waals surface area contributed by atoms with Crippen LogP contribution in [-0.2, 0) is 5.41 Å². The molecule has 4 fully saturated rings. The number of benzene rings is 14. The maximum atomic E-state index is 2.92. The monoisotopic (exact) mass is 1310 g/mol. The lowest BCUT2D eigenvalue weighted by molar-refractivity contribution is 0.0900. The fraction of sp³-hybridized carbons (Fsp3) is 0.134. The van der Waals surface area contributed by atoms with Gasteiger partial charge in [0.05, 0.1) is 28.1 Å². The van der Waals surface area contributed by atoms with Crippen LogP contribution in [0.4, 0.5) is 39.8 Å². The van der Waals surface area contributed by atoms with E-state index in [1.54, 1.807) is 0 Å². The molecule has 0 N–H and O–H groups in total. The van der Waals surface area contributed by atoms with Crippen molar-refractivity contribution in [3.05, 3.63) is 333 Å². The van der Waals surface area contributed by atoms with Crippen molar-refractivity contribution in [3.8, 4) is 83.6 Å². The van der Waals surface area contributed by atoms with Crippen LogP contribution in [0.5, 0.6) is 0 Å². The van der Waals surface area contributed by atoms with Crippen LogP contribution < -0.4 is 31.1 Å². The van der Waals surface area contributed by atoms with E-state index in [1.165, 1.54) is 115 Å². The number of rotatable bonds is 11. The van der Waals surface area contributed by atoms with Gasteiger partial charge in [0, 0.05) is 73.5 Å². The molecule has 4 bridgehead atoms. The molecule has 2 saturated carbocycles. The van der Waals surface area contributed by atoms with Crippen LogP contribution in [0.25, 0.3) is 105 Å². The molecule has 15 aromatic rings. The highest BCUT2D eigenvalue weighted by Crippen LogP contribution is 2.57. The van der Waals surface area contributed by atoms with Crippen molar-refractivity contribution in [2.75, 3.05) is 14.7 Å². The van der Waals surface area contributed by atoms with E-state index in [0.717, 1.165) is 95.9 Å². The quantitative estimate of drug-likeness (QED) is 0.120. The molecule has 21 rings (SSSR count). The summed E-state index contributed by atoms with van der Waals surface area (Å²) in [4.78, 5) is 8.43. The van der Waals surface area contributed by atoms with Crippen molar-refractivity contribution in [1.82, 2.24) is 4.57 Å². The molecule has 2 saturated heterocycles. The lowest BCUT2D eigenvalue weighted by Gasteiger charge is -2.57. The summed E-state index contributed by atoms with van der Waals surface area (Å²) in [5, 5.41) is 2.45. The maximum Gasteiger partial charge on any atom is 0.252 e. The van der Waals surface area contributed by atoms with E-state index in [1.807, 2.05) is 0 Å². The number of nitrogens with zero attached hydrogens (tertiary/aromatic N) is 4. The maximum absolute atomic E-state index is 2.92. The summed E-state index contributed by atoms with van der Waals surface area (Å²) in [5.41, 5.74) is 33.2. The second kappa shape index (κ2) is 24.0. The standard InChI is InChI=1S/C97H77BN4/c1-97(2,3)75-45-42-67(43-46-75)72-44-49-90-87(59-72)98-86-48-47-76(99-77-51-63-50-64(53-77)54-78(99)52-63)60-91(86)102(96-84(70-34-18-8-19-35-70)57-74(66-28-12-5-13-29-66)58-85(96)71-36-20-9-21-37-71)93-62-79(100-88-40-24-22-38-80(88)81-39-23-25-41-89(81)100)61-92(94(93)98)101(90)95-82(68-30-14-6-15-31-68)55-73(65-26-10-4-11-27-65)56-83(95)69-32-16-7-17-33-69/h4-49,55-64,77-78H,50-54H2,1-3H3. The molecule has 5 heteroatoms. The van der Waals surface area contributed by atoms with Crippen molar-refractivity contribution in [2.45, 2.75) is 70.4 Å². The van der Waals surface area contributed by atoms with Gasteiger partial charge >= 0.3 is 0 Å². The number of hydrogen-bond acceptors (Lipinski definition) is 3. The molecule has 102 heavy (non-hydrogen) atoms. The molecule has 0 radical (unpaired) electrons. The first-order valence-electron chi connectivity index (χ1n) is 36.8. The fourth-order valence-corrected chi connectivity index (χ4v) is 18.9. The van der Waals surface area contributed by atoms with Crippen molar-refractivity contribution in [2.24, 2.45) is 11.8 Å². The fourth-order valence-electron chi connectivity index (χ4n) is 18.9. The van der Waals surface area contributed by atoms with Crippen molar-refractivity contribution in [1.29, 1.82) is 0 Å². The van der Waals surface area contributed by atoms with E-state index in [-0.39, 0.29) is 12.1 Å². The van der Waals surface area contributed by atoms with Crippen LogP contribution in [0, 0.1) is 11.8 Å². The molecule has 488 valence electrons. The van der Waals surface area contributed by atoms with Gasteiger partial charge < -0.3 is 19.3 Å². The van der Waals surface area contributed by atoms with Gasteiger partial charge in [0.2, 0.25) is 0 Å². The smallest absolute Gasteiger partial charge is 0.252 e. The number of anilines is 7. The Morgan fingerprint density at radius 2 is 0.676 bits per heavy atom. The third kappa shape index (κ3) is 9.94. The zero-order chi connectivity index (χ0) is 67.7. The van der Waals surface area contributed by atoms with Gasteiger partial charge in [-0.25, -0.2) is 0 Å². The Morgan fingerprint density at radius 1 is 0.294 bits per heavy atom. The summed E-state index contributed by atoms with van der Waals surface area (Å²) >= 11 is 0. The molecule has 2 aliphatic carbocycles. The lowest BCUT2D eigenvalue weighted by Crippen LogP contribution is -2.62. The highest BCUT2D eigenvalue weighted by atomic mass is 15.2. The van der Waals surface area contributed by atoms with Crippen LogP contribution in [0.3, 0.4) is 0 Å². The topological polar surface area (TPSA) is 14.7 Å². The molecule has 0 atom stereocenters. The number of fused-ring (bicyclic) bond motifs is 7. The minimum absolute atomic E-state index is 0.00243. The minimum Gasteiger partial charge on any atom is -0.365 e. The summed E-state index contributed by atoms with van der Waals surface area (Å²) in [6, 6.07) is 126. The molecular formula is C97H77BN4. The van der Waals surface area contributed by atoms with Gasteiger partial charge in [0.1, 0.15) is 0 Å². The molecule has 0 amide bonds.